The van der Waals surface area contributed by atoms with Crippen LogP contribution in [-0.4, -0.2) is 44.4 Å². The molecule has 0 saturated carbocycles. The van der Waals surface area contributed by atoms with E-state index in [1.165, 1.54) is 16.2 Å². The Bertz CT molecular complexity index is 1140. The van der Waals surface area contributed by atoms with E-state index in [2.05, 4.69) is 4.98 Å². The fourth-order valence-corrected chi connectivity index (χ4v) is 4.85. The van der Waals surface area contributed by atoms with Gasteiger partial charge >= 0.3 is 0 Å². The second-order valence-electron chi connectivity index (χ2n) is 7.24. The minimum Gasteiger partial charge on any atom is -0.507 e. The van der Waals surface area contributed by atoms with Crippen molar-refractivity contribution in [2.75, 3.05) is 13.2 Å². The fourth-order valence-electron chi connectivity index (χ4n) is 3.77. The Morgan fingerprint density at radius 3 is 2.78 bits per heavy atom. The number of carbonyl (C=O) groups is 2. The third-order valence-corrected chi connectivity index (χ3v) is 6.45. The van der Waals surface area contributed by atoms with Crippen molar-refractivity contribution in [2.45, 2.75) is 25.9 Å². The molecule has 1 aromatic carbocycles. The summed E-state index contributed by atoms with van der Waals surface area (Å²) in [5.41, 5.74) is 0.428. The summed E-state index contributed by atoms with van der Waals surface area (Å²) < 4.78 is 7.36. The zero-order valence-electron chi connectivity index (χ0n) is 17.4. The summed E-state index contributed by atoms with van der Waals surface area (Å²) in [5.74, 6) is -1.08. The Balaban J connectivity index is 1.68. The van der Waals surface area contributed by atoms with Gasteiger partial charge in [0.2, 0.25) is 0 Å². The molecule has 1 atom stereocenters. The number of rotatable bonds is 8. The smallest absolute Gasteiger partial charge is 0.295 e. The molecule has 1 fully saturated rings. The Labute approximate surface area is 194 Å². The van der Waals surface area contributed by atoms with Crippen molar-refractivity contribution in [3.63, 3.8) is 0 Å². The minimum atomic E-state index is -0.700. The summed E-state index contributed by atoms with van der Waals surface area (Å²) >= 11 is 7.71. The fraction of sp³-hybridized carbons (Fsp3) is 0.261. The molecular weight excluding hydrogens is 450 g/mol. The quantitative estimate of drug-likeness (QED) is 0.297. The van der Waals surface area contributed by atoms with E-state index in [0.29, 0.717) is 42.5 Å². The number of aryl methyl sites for hydroxylation is 1. The molecule has 9 heteroatoms. The average molecular weight is 472 g/mol. The lowest BCUT2D eigenvalue weighted by atomic mass is 9.99. The van der Waals surface area contributed by atoms with Gasteiger partial charge in [-0.15, -0.1) is 11.3 Å². The molecular formula is C23H22ClN3O4S. The first-order valence-electron chi connectivity index (χ1n) is 10.2. The number of hydrogen-bond donors (Lipinski definition) is 1. The van der Waals surface area contributed by atoms with E-state index in [0.717, 1.165) is 4.88 Å². The Kier molecular flexibility index (Phi) is 6.62. The van der Waals surface area contributed by atoms with Gasteiger partial charge in [0.05, 0.1) is 29.6 Å². The first-order valence-corrected chi connectivity index (χ1v) is 11.5. The summed E-state index contributed by atoms with van der Waals surface area (Å²) in [6.45, 7) is 3.33. The molecule has 1 saturated heterocycles. The highest BCUT2D eigenvalue weighted by molar-refractivity contribution is 7.10. The number of thiophene rings is 1. The average Bonchev–Trinajstić information content (AvgIpc) is 3.53. The van der Waals surface area contributed by atoms with Crippen LogP contribution in [0.5, 0.6) is 5.75 Å². The number of Topliss-reactive ketones (excluding diaryl/α,β-unsaturated/α-hetero) is 1. The molecule has 1 aliphatic heterocycles. The van der Waals surface area contributed by atoms with Gasteiger partial charge in [0.25, 0.3) is 11.7 Å². The van der Waals surface area contributed by atoms with Crippen molar-refractivity contribution in [2.24, 2.45) is 0 Å². The van der Waals surface area contributed by atoms with E-state index in [4.69, 9.17) is 16.3 Å². The number of benzene rings is 1. The van der Waals surface area contributed by atoms with Crippen LogP contribution in [0.2, 0.25) is 5.02 Å². The van der Waals surface area contributed by atoms with Crippen LogP contribution in [0, 0.1) is 0 Å². The molecule has 0 aliphatic carbocycles. The molecule has 32 heavy (non-hydrogen) atoms. The van der Waals surface area contributed by atoms with Crippen molar-refractivity contribution in [3.05, 3.63) is 75.5 Å². The number of ketones is 1. The van der Waals surface area contributed by atoms with Gasteiger partial charge in [-0.05, 0) is 43.0 Å². The van der Waals surface area contributed by atoms with Gasteiger partial charge in [-0.25, -0.2) is 4.98 Å². The first kappa shape index (κ1) is 22.1. The number of aliphatic hydroxyl groups excluding tert-OH is 1. The van der Waals surface area contributed by atoms with E-state index in [1.54, 1.807) is 30.7 Å². The van der Waals surface area contributed by atoms with Crippen LogP contribution >= 0.6 is 22.9 Å². The number of carbonyl (C=O) groups excluding carboxylic acids is 2. The number of imidazole rings is 1. The summed E-state index contributed by atoms with van der Waals surface area (Å²) in [4.78, 5) is 32.3. The van der Waals surface area contributed by atoms with E-state index in [1.807, 2.05) is 35.2 Å². The van der Waals surface area contributed by atoms with Gasteiger partial charge in [0.1, 0.15) is 11.5 Å². The normalized spacial score (nSPS) is 17.8. The lowest BCUT2D eigenvalue weighted by molar-refractivity contribution is -0.139. The van der Waals surface area contributed by atoms with Crippen LogP contribution < -0.4 is 4.74 Å². The van der Waals surface area contributed by atoms with Gasteiger partial charge in [0, 0.05) is 35.9 Å². The number of ether oxygens (including phenoxy) is 1. The van der Waals surface area contributed by atoms with Gasteiger partial charge in [-0.1, -0.05) is 17.7 Å². The van der Waals surface area contributed by atoms with Crippen LogP contribution in [0.15, 0.2) is 60.0 Å². The first-order chi connectivity index (χ1) is 15.5. The molecule has 3 aromatic rings. The Morgan fingerprint density at radius 2 is 2.12 bits per heavy atom. The van der Waals surface area contributed by atoms with E-state index < -0.39 is 17.7 Å². The maximum absolute atomic E-state index is 13.0. The Hall–Kier alpha value is -3.10. The molecule has 0 unspecified atom stereocenters. The molecule has 166 valence electrons. The van der Waals surface area contributed by atoms with E-state index in [9.17, 15) is 14.7 Å². The van der Waals surface area contributed by atoms with E-state index in [-0.39, 0.29) is 11.3 Å². The van der Waals surface area contributed by atoms with Gasteiger partial charge in [0.15, 0.2) is 0 Å². The molecule has 3 heterocycles. The maximum Gasteiger partial charge on any atom is 0.295 e. The molecule has 1 N–H and O–H groups in total. The highest BCUT2D eigenvalue weighted by Gasteiger charge is 2.46. The number of likely N-dealkylation sites (tertiary alicyclic amines) is 1. The molecule has 1 aliphatic rings. The number of aromatic nitrogens is 2. The number of amides is 1. The summed E-state index contributed by atoms with van der Waals surface area (Å²) in [7, 11) is 0. The van der Waals surface area contributed by atoms with Gasteiger partial charge in [-0.3, -0.25) is 9.59 Å². The largest absolute Gasteiger partial charge is 0.507 e. The zero-order valence-corrected chi connectivity index (χ0v) is 19.0. The SMILES string of the molecule is CCOc1ccc(/C(O)=C2\C(=O)C(=O)N(CCCn3ccnc3)[C@H]2c2cccs2)cc1Cl. The van der Waals surface area contributed by atoms with Crippen molar-refractivity contribution < 1.29 is 19.4 Å². The molecule has 1 amide bonds. The monoisotopic (exact) mass is 471 g/mol. The highest BCUT2D eigenvalue weighted by atomic mass is 35.5. The van der Waals surface area contributed by atoms with Gasteiger partial charge < -0.3 is 19.3 Å². The van der Waals surface area contributed by atoms with Gasteiger partial charge in [-0.2, -0.15) is 0 Å². The molecule has 4 rings (SSSR count). The summed E-state index contributed by atoms with van der Waals surface area (Å²) in [6.07, 6.45) is 5.89. The van der Waals surface area contributed by atoms with Crippen LogP contribution in [0.3, 0.4) is 0 Å². The zero-order chi connectivity index (χ0) is 22.7. The minimum absolute atomic E-state index is 0.0697. The van der Waals surface area contributed by atoms with Crippen molar-refractivity contribution in [3.8, 4) is 5.75 Å². The topological polar surface area (TPSA) is 84.7 Å². The second kappa shape index (κ2) is 9.58. The van der Waals surface area contributed by atoms with Crippen LogP contribution in [0.4, 0.5) is 0 Å². The lowest BCUT2D eigenvalue weighted by Crippen LogP contribution is -2.31. The molecule has 2 aromatic heterocycles. The predicted molar refractivity (Wildman–Crippen MR) is 123 cm³/mol. The van der Waals surface area contributed by atoms with Crippen molar-refractivity contribution in [1.82, 2.24) is 14.5 Å². The predicted octanol–water partition coefficient (Wildman–Crippen LogP) is 4.51. The van der Waals surface area contributed by atoms with Crippen LogP contribution in [0.25, 0.3) is 5.76 Å². The summed E-state index contributed by atoms with van der Waals surface area (Å²) in [5, 5.41) is 13.3. The van der Waals surface area contributed by atoms with Crippen LogP contribution in [-0.2, 0) is 16.1 Å². The number of aliphatic hydroxyl groups is 1. The summed E-state index contributed by atoms with van der Waals surface area (Å²) in [6, 6.07) is 7.89. The number of hydrogen-bond acceptors (Lipinski definition) is 6. The standard InChI is InChI=1S/C23H22ClN3O4S/c1-2-31-17-7-6-15(13-16(17)24)21(28)19-20(18-5-3-12-32-18)27(23(30)22(19)29)10-4-9-26-11-8-25-14-26/h3,5-8,11-14,20,28H,2,4,9-10H2,1H3/b21-19+/t20-/m0/s1. The molecule has 7 nitrogen and oxygen atoms in total. The van der Waals surface area contributed by atoms with Crippen molar-refractivity contribution in [1.29, 1.82) is 0 Å². The van der Waals surface area contributed by atoms with Crippen molar-refractivity contribution >= 4 is 40.4 Å². The maximum atomic E-state index is 13.0. The number of nitrogens with zero attached hydrogens (tertiary/aromatic N) is 3. The molecule has 0 bridgehead atoms. The Morgan fingerprint density at radius 1 is 1.28 bits per heavy atom. The second-order valence-corrected chi connectivity index (χ2v) is 8.63. The van der Waals surface area contributed by atoms with Crippen LogP contribution in [0.1, 0.15) is 29.8 Å². The molecule has 0 spiro atoms. The van der Waals surface area contributed by atoms with E-state index >= 15 is 0 Å². The number of halogens is 1. The molecule has 0 radical (unpaired) electrons. The third kappa shape index (κ3) is 4.28. The third-order valence-electron chi connectivity index (χ3n) is 5.23. The lowest BCUT2D eigenvalue weighted by Gasteiger charge is -2.24. The highest BCUT2D eigenvalue weighted by Crippen LogP contribution is 2.41.